The molecule has 2 rings (SSSR count). The van der Waals surface area contributed by atoms with Crippen molar-refractivity contribution in [2.45, 2.75) is 37.9 Å². The molecule has 0 spiro atoms. The Hall–Kier alpha value is -2.91. The largest absolute Gasteiger partial charge is 0.479 e. The molecule has 2 aromatic rings. The molecule has 0 aliphatic heterocycles. The van der Waals surface area contributed by atoms with Gasteiger partial charge in [0, 0.05) is 5.69 Å². The molecule has 9 heteroatoms. The normalized spacial score (nSPS) is 13.3. The van der Waals surface area contributed by atoms with E-state index in [0.29, 0.717) is 5.75 Å². The molecule has 3 N–H and O–H groups in total. The van der Waals surface area contributed by atoms with Crippen LogP contribution < -0.4 is 15.2 Å². The van der Waals surface area contributed by atoms with Crippen molar-refractivity contribution < 1.29 is 27.5 Å². The predicted molar refractivity (Wildman–Crippen MR) is 103 cm³/mol. The lowest BCUT2D eigenvalue weighted by molar-refractivity contribution is -0.159. The summed E-state index contributed by atoms with van der Waals surface area (Å²) in [6.45, 7) is 4.81. The van der Waals surface area contributed by atoms with Gasteiger partial charge in [0.15, 0.2) is 12.2 Å². The van der Waals surface area contributed by atoms with E-state index in [1.165, 1.54) is 38.1 Å². The van der Waals surface area contributed by atoms with Crippen molar-refractivity contribution in [3.63, 3.8) is 0 Å². The highest BCUT2D eigenvalue weighted by Gasteiger charge is 2.23. The van der Waals surface area contributed by atoms with Crippen molar-refractivity contribution in [2.24, 2.45) is 5.14 Å². The van der Waals surface area contributed by atoms with E-state index in [1.54, 1.807) is 18.2 Å². The topological polar surface area (TPSA) is 125 Å². The molecule has 150 valence electrons. The van der Waals surface area contributed by atoms with E-state index in [2.05, 4.69) is 5.32 Å². The molecular weight excluding hydrogens is 384 g/mol. The van der Waals surface area contributed by atoms with E-state index in [1.807, 2.05) is 13.0 Å². The number of aryl methyl sites for hydroxylation is 1. The van der Waals surface area contributed by atoms with Crippen molar-refractivity contribution in [1.29, 1.82) is 0 Å². The number of sulfonamides is 1. The third-order valence-electron chi connectivity index (χ3n) is 3.73. The number of ether oxygens (including phenoxy) is 2. The summed E-state index contributed by atoms with van der Waals surface area (Å²) in [5.74, 6) is -0.813. The van der Waals surface area contributed by atoms with E-state index in [-0.39, 0.29) is 10.6 Å². The minimum absolute atomic E-state index is 0.143. The second-order valence-corrected chi connectivity index (χ2v) is 7.78. The number of nitrogens with one attached hydrogen (secondary N) is 1. The van der Waals surface area contributed by atoms with Crippen LogP contribution >= 0.6 is 0 Å². The van der Waals surface area contributed by atoms with Gasteiger partial charge < -0.3 is 14.8 Å². The maximum atomic E-state index is 12.2. The summed E-state index contributed by atoms with van der Waals surface area (Å²) in [5, 5.41) is 7.54. The van der Waals surface area contributed by atoms with Gasteiger partial charge in [-0.2, -0.15) is 0 Å². The van der Waals surface area contributed by atoms with E-state index in [0.717, 1.165) is 5.56 Å². The second-order valence-electron chi connectivity index (χ2n) is 6.22. The van der Waals surface area contributed by atoms with Crippen LogP contribution in [0.4, 0.5) is 5.69 Å². The molecule has 1 amide bonds. The zero-order valence-corrected chi connectivity index (χ0v) is 16.5. The number of nitrogens with two attached hydrogens (primary N) is 1. The highest BCUT2D eigenvalue weighted by Crippen LogP contribution is 2.16. The molecule has 0 heterocycles. The number of hydrogen-bond donors (Lipinski definition) is 2. The van der Waals surface area contributed by atoms with Crippen LogP contribution in [0.3, 0.4) is 0 Å². The lowest BCUT2D eigenvalue weighted by Crippen LogP contribution is -2.35. The summed E-state index contributed by atoms with van der Waals surface area (Å²) in [6.07, 6.45) is -2.03. The van der Waals surface area contributed by atoms with Crippen LogP contribution in [0.25, 0.3) is 0 Å². The minimum atomic E-state index is -3.90. The van der Waals surface area contributed by atoms with Crippen molar-refractivity contribution in [2.75, 3.05) is 5.32 Å². The van der Waals surface area contributed by atoms with Crippen LogP contribution in [0.2, 0.25) is 0 Å². The quantitative estimate of drug-likeness (QED) is 0.678. The number of benzene rings is 2. The summed E-state index contributed by atoms with van der Waals surface area (Å²) < 4.78 is 33.4. The number of amides is 1. The van der Waals surface area contributed by atoms with Crippen LogP contribution in [0.5, 0.6) is 5.75 Å². The monoisotopic (exact) mass is 406 g/mol. The van der Waals surface area contributed by atoms with Crippen LogP contribution in [0.1, 0.15) is 19.4 Å². The molecule has 0 radical (unpaired) electrons. The molecule has 8 nitrogen and oxygen atoms in total. The number of carbonyl (C=O) groups is 2. The fraction of sp³-hybridized carbons (Fsp3) is 0.263. The first-order valence-electron chi connectivity index (χ1n) is 8.44. The third kappa shape index (κ3) is 6.07. The molecule has 0 aliphatic rings. The van der Waals surface area contributed by atoms with Crippen molar-refractivity contribution in [3.8, 4) is 5.75 Å². The standard InChI is InChI=1S/C19H22N2O6S/c1-12-6-4-8-16(10-12)26-14(3)19(23)27-13(2)18(22)21-15-7-5-9-17(11-15)28(20,24)25/h4-11,13-14H,1-3H3,(H,21,22)(H2,20,24,25)/t13-,14-/m0/s1. The van der Waals surface area contributed by atoms with Crippen molar-refractivity contribution in [3.05, 3.63) is 54.1 Å². The molecule has 0 saturated carbocycles. The number of primary sulfonamides is 1. The molecule has 0 saturated heterocycles. The Balaban J connectivity index is 1.95. The Morgan fingerprint density at radius 2 is 1.71 bits per heavy atom. The number of rotatable bonds is 7. The molecule has 2 atom stereocenters. The zero-order chi connectivity index (χ0) is 20.9. The van der Waals surface area contributed by atoms with Crippen LogP contribution in [-0.4, -0.2) is 32.5 Å². The van der Waals surface area contributed by atoms with Crippen LogP contribution in [-0.2, 0) is 24.3 Å². The molecule has 0 bridgehead atoms. The predicted octanol–water partition coefficient (Wildman–Crippen LogP) is 1.98. The second kappa shape index (κ2) is 8.85. The minimum Gasteiger partial charge on any atom is -0.479 e. The van der Waals surface area contributed by atoms with Gasteiger partial charge in [0.1, 0.15) is 5.75 Å². The van der Waals surface area contributed by atoms with Gasteiger partial charge in [-0.25, -0.2) is 18.4 Å². The molecule has 0 unspecified atom stereocenters. The summed E-state index contributed by atoms with van der Waals surface area (Å²) in [5.41, 5.74) is 1.19. The van der Waals surface area contributed by atoms with Gasteiger partial charge in [-0.1, -0.05) is 18.2 Å². The summed E-state index contributed by atoms with van der Waals surface area (Å²) in [4.78, 5) is 24.2. The van der Waals surface area contributed by atoms with Gasteiger partial charge >= 0.3 is 5.97 Å². The summed E-state index contributed by atoms with van der Waals surface area (Å²) >= 11 is 0. The maximum absolute atomic E-state index is 12.2. The first-order valence-corrected chi connectivity index (χ1v) is 9.98. The average Bonchev–Trinajstić information content (AvgIpc) is 2.61. The third-order valence-corrected chi connectivity index (χ3v) is 4.64. The van der Waals surface area contributed by atoms with Gasteiger partial charge in [-0.3, -0.25) is 4.79 Å². The van der Waals surface area contributed by atoms with Gasteiger partial charge in [0.05, 0.1) is 4.90 Å². The fourth-order valence-electron chi connectivity index (χ4n) is 2.26. The number of hydrogen-bond acceptors (Lipinski definition) is 6. The highest BCUT2D eigenvalue weighted by atomic mass is 32.2. The Kier molecular flexibility index (Phi) is 6.76. The van der Waals surface area contributed by atoms with Gasteiger partial charge in [-0.15, -0.1) is 0 Å². The number of esters is 1. The molecule has 0 aromatic heterocycles. The highest BCUT2D eigenvalue weighted by molar-refractivity contribution is 7.89. The molecule has 0 aliphatic carbocycles. The number of carbonyl (C=O) groups excluding carboxylic acids is 2. The maximum Gasteiger partial charge on any atom is 0.347 e. The Labute approximate surface area is 163 Å². The van der Waals surface area contributed by atoms with Crippen molar-refractivity contribution in [1.82, 2.24) is 0 Å². The molecule has 28 heavy (non-hydrogen) atoms. The van der Waals surface area contributed by atoms with E-state index < -0.39 is 34.1 Å². The fourth-order valence-corrected chi connectivity index (χ4v) is 2.82. The first-order chi connectivity index (χ1) is 13.1. The lowest BCUT2D eigenvalue weighted by Gasteiger charge is -2.18. The van der Waals surface area contributed by atoms with Crippen LogP contribution in [0, 0.1) is 6.92 Å². The molecule has 0 fully saturated rings. The Morgan fingerprint density at radius 3 is 2.36 bits per heavy atom. The number of anilines is 1. The van der Waals surface area contributed by atoms with Crippen molar-refractivity contribution >= 4 is 27.6 Å². The lowest BCUT2D eigenvalue weighted by atomic mass is 10.2. The van der Waals surface area contributed by atoms with Gasteiger partial charge in [0.25, 0.3) is 5.91 Å². The SMILES string of the molecule is Cc1cccc(O[C@@H](C)C(=O)O[C@@H](C)C(=O)Nc2cccc(S(N)(=O)=O)c2)c1. The molecule has 2 aromatic carbocycles. The smallest absolute Gasteiger partial charge is 0.347 e. The van der Waals surface area contributed by atoms with Gasteiger partial charge in [0.2, 0.25) is 10.0 Å². The average molecular weight is 406 g/mol. The first kappa shape index (κ1) is 21.4. The van der Waals surface area contributed by atoms with Gasteiger partial charge in [-0.05, 0) is 56.7 Å². The van der Waals surface area contributed by atoms with E-state index in [9.17, 15) is 18.0 Å². The summed E-state index contributed by atoms with van der Waals surface area (Å²) in [7, 11) is -3.90. The van der Waals surface area contributed by atoms with Crippen LogP contribution in [0.15, 0.2) is 53.4 Å². The Bertz CT molecular complexity index is 974. The summed E-state index contributed by atoms with van der Waals surface area (Å²) in [6, 6.07) is 12.6. The Morgan fingerprint density at radius 1 is 1.04 bits per heavy atom. The molecular formula is C19H22N2O6S. The van der Waals surface area contributed by atoms with E-state index in [4.69, 9.17) is 14.6 Å². The van der Waals surface area contributed by atoms with E-state index >= 15 is 0 Å². The zero-order valence-electron chi connectivity index (χ0n) is 15.7.